The first-order chi connectivity index (χ1) is 19.9. The number of hydrogen-bond acceptors (Lipinski definition) is 9. The van der Waals surface area contributed by atoms with E-state index in [0.717, 1.165) is 5.56 Å². The van der Waals surface area contributed by atoms with Gasteiger partial charge in [-0.1, -0.05) is 12.1 Å². The molecule has 212 valence electrons. The molecule has 0 aliphatic carbocycles. The third-order valence-electron chi connectivity index (χ3n) is 5.96. The number of nitrogens with one attached hydrogen (secondary N) is 3. The zero-order valence-electron chi connectivity index (χ0n) is 22.8. The lowest BCUT2D eigenvalue weighted by Gasteiger charge is -2.13. The molecule has 41 heavy (non-hydrogen) atoms. The molecule has 0 aliphatic rings. The fourth-order valence-corrected chi connectivity index (χ4v) is 3.92. The number of oxazole rings is 1. The maximum Gasteiger partial charge on any atom is 0.319 e. The topological polar surface area (TPSA) is 150 Å². The first kappa shape index (κ1) is 28.5. The number of urea groups is 1. The summed E-state index contributed by atoms with van der Waals surface area (Å²) in [7, 11) is 5.80. The van der Waals surface area contributed by atoms with Crippen LogP contribution < -0.4 is 34.9 Å². The van der Waals surface area contributed by atoms with Gasteiger partial charge in [0.05, 0.1) is 40.2 Å². The lowest BCUT2D eigenvalue weighted by molar-refractivity contribution is -0.112. The largest absolute Gasteiger partial charge is 0.496 e. The van der Waals surface area contributed by atoms with Gasteiger partial charge in [0.15, 0.2) is 23.7 Å². The van der Waals surface area contributed by atoms with Crippen LogP contribution in [-0.4, -0.2) is 51.1 Å². The molecule has 0 saturated carbocycles. The van der Waals surface area contributed by atoms with Crippen molar-refractivity contribution in [1.82, 2.24) is 10.3 Å². The van der Waals surface area contributed by atoms with E-state index in [9.17, 15) is 14.4 Å². The summed E-state index contributed by atoms with van der Waals surface area (Å²) < 4.78 is 26.5. The average Bonchev–Trinajstić information content (AvgIpc) is 3.54. The highest BCUT2D eigenvalue weighted by molar-refractivity contribution is 6.46. The number of nitrogens with zero attached hydrogens (tertiary/aromatic N) is 1. The van der Waals surface area contributed by atoms with Gasteiger partial charge in [-0.05, 0) is 42.0 Å². The van der Waals surface area contributed by atoms with Gasteiger partial charge in [-0.15, -0.1) is 0 Å². The summed E-state index contributed by atoms with van der Waals surface area (Å²) in [4.78, 5) is 41.7. The van der Waals surface area contributed by atoms with Gasteiger partial charge < -0.3 is 39.3 Å². The second-order valence-corrected chi connectivity index (χ2v) is 8.48. The summed E-state index contributed by atoms with van der Waals surface area (Å²) in [6, 6.07) is 14.2. The number of carbonyl (C=O) groups is 3. The van der Waals surface area contributed by atoms with Crippen LogP contribution in [0.2, 0.25) is 0 Å². The zero-order valence-corrected chi connectivity index (χ0v) is 22.8. The van der Waals surface area contributed by atoms with Gasteiger partial charge in [0, 0.05) is 29.5 Å². The quantitative estimate of drug-likeness (QED) is 0.178. The molecule has 0 fully saturated rings. The first-order valence-corrected chi connectivity index (χ1v) is 12.2. The highest BCUT2D eigenvalue weighted by Gasteiger charge is 2.22. The Labute approximate surface area is 235 Å². The molecular formula is C29H28N4O8. The number of anilines is 2. The molecule has 0 radical (unpaired) electrons. The van der Waals surface area contributed by atoms with E-state index < -0.39 is 17.7 Å². The van der Waals surface area contributed by atoms with Crippen LogP contribution in [-0.2, 0) is 11.3 Å². The fourth-order valence-electron chi connectivity index (χ4n) is 3.92. The van der Waals surface area contributed by atoms with Crippen molar-refractivity contribution in [3.8, 4) is 34.3 Å². The number of amides is 3. The van der Waals surface area contributed by atoms with E-state index in [-0.39, 0.29) is 23.6 Å². The molecule has 0 spiro atoms. The Balaban J connectivity index is 1.32. The van der Waals surface area contributed by atoms with Crippen molar-refractivity contribution in [3.63, 3.8) is 0 Å². The molecule has 4 aromatic rings. The Hall–Kier alpha value is -5.52. The molecule has 12 nitrogen and oxygen atoms in total. The smallest absolute Gasteiger partial charge is 0.319 e. The summed E-state index contributed by atoms with van der Waals surface area (Å²) in [5, 5.41) is 8.09. The summed E-state index contributed by atoms with van der Waals surface area (Å²) in [5.74, 6) is 0.263. The summed E-state index contributed by atoms with van der Waals surface area (Å²) in [6.07, 6.45) is 2.90. The van der Waals surface area contributed by atoms with Crippen LogP contribution in [0.3, 0.4) is 0 Å². The van der Waals surface area contributed by atoms with Crippen molar-refractivity contribution in [2.45, 2.75) is 6.54 Å². The second kappa shape index (κ2) is 13.0. The van der Waals surface area contributed by atoms with Gasteiger partial charge in [0.1, 0.15) is 5.75 Å². The van der Waals surface area contributed by atoms with E-state index in [2.05, 4.69) is 20.9 Å². The molecule has 3 aromatic carbocycles. The van der Waals surface area contributed by atoms with E-state index in [4.69, 9.17) is 23.4 Å². The van der Waals surface area contributed by atoms with E-state index >= 15 is 0 Å². The summed E-state index contributed by atoms with van der Waals surface area (Å²) >= 11 is 0. The lowest BCUT2D eigenvalue weighted by Crippen LogP contribution is -2.28. The standard InChI is InChI=1S/C29H28N4O8/c1-37-22-13-20(9-10-21(22)25-15-30-16-41-25)33-29(36)31-14-17-5-7-19(8-6-17)32-28(35)26(34)18-11-23(38-2)27(40-4)24(12-18)39-3/h5-13,15-16H,14H2,1-4H3,(H,32,35)(H2,31,33,36). The summed E-state index contributed by atoms with van der Waals surface area (Å²) in [5.41, 5.74) is 2.48. The van der Waals surface area contributed by atoms with Crippen LogP contribution in [0.5, 0.6) is 23.0 Å². The van der Waals surface area contributed by atoms with Gasteiger partial charge in [-0.2, -0.15) is 0 Å². The fraction of sp³-hybridized carbons (Fsp3) is 0.172. The van der Waals surface area contributed by atoms with Crippen molar-refractivity contribution in [3.05, 3.63) is 78.3 Å². The molecular weight excluding hydrogens is 532 g/mol. The Morgan fingerprint density at radius 1 is 0.780 bits per heavy atom. The lowest BCUT2D eigenvalue weighted by atomic mass is 10.1. The third-order valence-corrected chi connectivity index (χ3v) is 5.96. The van der Waals surface area contributed by atoms with E-state index in [0.29, 0.717) is 34.2 Å². The molecule has 3 N–H and O–H groups in total. The number of methoxy groups -OCH3 is 4. The van der Waals surface area contributed by atoms with Crippen molar-refractivity contribution >= 4 is 29.1 Å². The number of carbonyl (C=O) groups excluding carboxylic acids is 3. The molecule has 1 aromatic heterocycles. The molecule has 12 heteroatoms. The van der Waals surface area contributed by atoms with Gasteiger partial charge in [-0.25, -0.2) is 9.78 Å². The van der Waals surface area contributed by atoms with E-state index in [1.54, 1.807) is 48.7 Å². The molecule has 4 rings (SSSR count). The molecule has 0 atom stereocenters. The normalized spacial score (nSPS) is 10.3. The Bertz CT molecular complexity index is 1510. The van der Waals surface area contributed by atoms with Crippen molar-refractivity contribution in [2.75, 3.05) is 39.1 Å². The number of Topliss-reactive ketones (excluding diaryl/α,β-unsaturated/α-hetero) is 1. The molecule has 0 bridgehead atoms. The average molecular weight is 561 g/mol. The van der Waals surface area contributed by atoms with Crippen LogP contribution in [0, 0.1) is 0 Å². The number of aromatic nitrogens is 1. The van der Waals surface area contributed by atoms with Crippen molar-refractivity contribution in [2.24, 2.45) is 0 Å². The highest BCUT2D eigenvalue weighted by atomic mass is 16.5. The minimum Gasteiger partial charge on any atom is -0.496 e. The van der Waals surface area contributed by atoms with Crippen LogP contribution in [0.25, 0.3) is 11.3 Å². The third kappa shape index (κ3) is 6.74. The number of benzene rings is 3. The Kier molecular flexibility index (Phi) is 9.05. The minimum atomic E-state index is -0.839. The van der Waals surface area contributed by atoms with Gasteiger partial charge in [-0.3, -0.25) is 9.59 Å². The monoisotopic (exact) mass is 560 g/mol. The van der Waals surface area contributed by atoms with Crippen molar-refractivity contribution < 1.29 is 37.7 Å². The minimum absolute atomic E-state index is 0.0778. The van der Waals surface area contributed by atoms with Crippen LogP contribution in [0.15, 0.2) is 71.6 Å². The summed E-state index contributed by atoms with van der Waals surface area (Å²) in [6.45, 7) is 0.220. The van der Waals surface area contributed by atoms with Crippen LogP contribution in [0.4, 0.5) is 16.2 Å². The maximum absolute atomic E-state index is 12.8. The molecule has 0 unspecified atom stereocenters. The molecule has 0 aliphatic heterocycles. The predicted octanol–water partition coefficient (Wildman–Crippen LogP) is 4.52. The van der Waals surface area contributed by atoms with Crippen LogP contribution in [0.1, 0.15) is 15.9 Å². The van der Waals surface area contributed by atoms with Crippen molar-refractivity contribution in [1.29, 1.82) is 0 Å². The number of ketones is 1. The first-order valence-electron chi connectivity index (χ1n) is 12.2. The van der Waals surface area contributed by atoms with Gasteiger partial charge in [0.2, 0.25) is 5.75 Å². The number of ether oxygens (including phenoxy) is 4. The number of hydrogen-bond donors (Lipinski definition) is 3. The van der Waals surface area contributed by atoms with Gasteiger partial charge >= 0.3 is 6.03 Å². The SMILES string of the molecule is COc1cc(NC(=O)NCc2ccc(NC(=O)C(=O)c3cc(OC)c(OC)c(OC)c3)cc2)ccc1-c1cnco1. The molecule has 1 heterocycles. The Morgan fingerprint density at radius 3 is 2.02 bits per heavy atom. The number of rotatable bonds is 11. The Morgan fingerprint density at radius 2 is 1.44 bits per heavy atom. The maximum atomic E-state index is 12.8. The van der Waals surface area contributed by atoms with E-state index in [1.807, 2.05) is 0 Å². The van der Waals surface area contributed by atoms with Gasteiger partial charge in [0.25, 0.3) is 11.7 Å². The van der Waals surface area contributed by atoms with E-state index in [1.165, 1.54) is 47.0 Å². The highest BCUT2D eigenvalue weighted by Crippen LogP contribution is 2.38. The molecule has 3 amide bonds. The zero-order chi connectivity index (χ0) is 29.4. The predicted molar refractivity (Wildman–Crippen MR) is 150 cm³/mol. The molecule has 0 saturated heterocycles. The second-order valence-electron chi connectivity index (χ2n) is 8.48. The van der Waals surface area contributed by atoms with Crippen LogP contribution >= 0.6 is 0 Å².